The lowest BCUT2D eigenvalue weighted by Gasteiger charge is -2.12. The first-order chi connectivity index (χ1) is 12.0. The smallest absolute Gasteiger partial charge is 0.274 e. The van der Waals surface area contributed by atoms with E-state index in [0.717, 1.165) is 16.9 Å². The van der Waals surface area contributed by atoms with Crippen molar-refractivity contribution >= 4 is 5.91 Å². The minimum Gasteiger partial charge on any atom is -0.342 e. The van der Waals surface area contributed by atoms with Gasteiger partial charge in [0.1, 0.15) is 0 Å². The monoisotopic (exact) mass is 335 g/mol. The molecular formula is C19H21N5O. The van der Waals surface area contributed by atoms with E-state index in [0.29, 0.717) is 11.4 Å². The highest BCUT2D eigenvalue weighted by atomic mass is 16.2. The highest BCUT2D eigenvalue weighted by Crippen LogP contribution is 2.16. The number of benzene rings is 1. The van der Waals surface area contributed by atoms with Crippen molar-refractivity contribution in [2.45, 2.75) is 33.7 Å². The Balaban J connectivity index is 1.83. The minimum atomic E-state index is -0.258. The second-order valence-electron chi connectivity index (χ2n) is 6.16. The molecule has 0 spiro atoms. The lowest BCUT2D eigenvalue weighted by molar-refractivity contribution is 0.0933. The van der Waals surface area contributed by atoms with E-state index in [4.69, 9.17) is 0 Å². The number of nitrogens with zero attached hydrogens (tertiary/aromatic N) is 4. The van der Waals surface area contributed by atoms with Crippen LogP contribution in [-0.2, 0) is 0 Å². The molecule has 3 rings (SSSR count). The number of carbonyl (C=O) groups is 1. The molecule has 0 unspecified atom stereocenters. The molecule has 0 aliphatic carbocycles. The van der Waals surface area contributed by atoms with Gasteiger partial charge in [-0.3, -0.25) is 9.78 Å². The summed E-state index contributed by atoms with van der Waals surface area (Å²) in [4.78, 5) is 18.4. The third-order valence-electron chi connectivity index (χ3n) is 4.04. The fraction of sp³-hybridized carbons (Fsp3) is 0.263. The van der Waals surface area contributed by atoms with Crippen LogP contribution in [0.1, 0.15) is 46.0 Å². The fourth-order valence-corrected chi connectivity index (χ4v) is 2.70. The molecule has 2 aromatic heterocycles. The zero-order valence-electron chi connectivity index (χ0n) is 14.8. The minimum absolute atomic E-state index is 0.209. The molecule has 3 aromatic rings. The van der Waals surface area contributed by atoms with Crippen molar-refractivity contribution in [3.05, 3.63) is 70.8 Å². The standard InChI is InChI=1S/C19H21N5O/c1-12-8-9-17(13(2)11-12)24-22-15(4)18(23-24)19(25)21-14(3)16-7-5-6-10-20-16/h5-11,14H,1-4H3,(H,21,25)/t14-/m0/s1. The average molecular weight is 335 g/mol. The number of pyridine rings is 1. The largest absolute Gasteiger partial charge is 0.342 e. The third-order valence-corrected chi connectivity index (χ3v) is 4.04. The van der Waals surface area contributed by atoms with Crippen LogP contribution in [0.5, 0.6) is 0 Å². The van der Waals surface area contributed by atoms with Gasteiger partial charge in [-0.1, -0.05) is 23.8 Å². The van der Waals surface area contributed by atoms with Crippen LogP contribution in [0.2, 0.25) is 0 Å². The van der Waals surface area contributed by atoms with Gasteiger partial charge in [0, 0.05) is 6.20 Å². The molecule has 6 nitrogen and oxygen atoms in total. The molecule has 0 bridgehead atoms. The second-order valence-corrected chi connectivity index (χ2v) is 6.16. The SMILES string of the molecule is Cc1ccc(-n2nc(C)c(C(=O)N[C@@H](C)c3ccccn3)n2)c(C)c1. The molecule has 2 heterocycles. The van der Waals surface area contributed by atoms with E-state index >= 15 is 0 Å². The zero-order chi connectivity index (χ0) is 18.0. The van der Waals surface area contributed by atoms with Gasteiger partial charge in [-0.15, -0.1) is 5.10 Å². The van der Waals surface area contributed by atoms with Gasteiger partial charge in [0.05, 0.1) is 23.1 Å². The molecule has 0 aliphatic rings. The molecule has 0 saturated heterocycles. The van der Waals surface area contributed by atoms with Crippen molar-refractivity contribution in [3.8, 4) is 5.69 Å². The van der Waals surface area contributed by atoms with E-state index in [1.54, 1.807) is 13.1 Å². The summed E-state index contributed by atoms with van der Waals surface area (Å²) in [6.07, 6.45) is 1.71. The van der Waals surface area contributed by atoms with Gasteiger partial charge in [-0.25, -0.2) is 0 Å². The summed E-state index contributed by atoms with van der Waals surface area (Å²) in [5.74, 6) is -0.258. The van der Waals surface area contributed by atoms with Crippen LogP contribution in [0, 0.1) is 20.8 Å². The molecular weight excluding hydrogens is 314 g/mol. The highest BCUT2D eigenvalue weighted by molar-refractivity contribution is 5.93. The Bertz CT molecular complexity index is 901. The number of rotatable bonds is 4. The van der Waals surface area contributed by atoms with Crippen LogP contribution in [0.15, 0.2) is 42.6 Å². The third kappa shape index (κ3) is 3.57. The number of aromatic nitrogens is 4. The number of hydrogen-bond donors (Lipinski definition) is 1. The van der Waals surface area contributed by atoms with Gasteiger partial charge < -0.3 is 5.32 Å². The number of aryl methyl sites for hydroxylation is 3. The van der Waals surface area contributed by atoms with E-state index in [9.17, 15) is 4.79 Å². The van der Waals surface area contributed by atoms with Crippen LogP contribution in [0.4, 0.5) is 0 Å². The summed E-state index contributed by atoms with van der Waals surface area (Å²) in [5.41, 5.74) is 4.81. The lowest BCUT2D eigenvalue weighted by Crippen LogP contribution is -2.28. The van der Waals surface area contributed by atoms with Gasteiger partial charge >= 0.3 is 0 Å². The molecule has 25 heavy (non-hydrogen) atoms. The molecule has 128 valence electrons. The van der Waals surface area contributed by atoms with Crippen molar-refractivity contribution in [1.29, 1.82) is 0 Å². The Labute approximate surface area is 146 Å². The molecule has 0 aliphatic heterocycles. The Morgan fingerprint density at radius 1 is 1.12 bits per heavy atom. The number of hydrogen-bond acceptors (Lipinski definition) is 4. The zero-order valence-corrected chi connectivity index (χ0v) is 14.8. The van der Waals surface area contributed by atoms with Gasteiger partial charge in [0.2, 0.25) is 0 Å². The van der Waals surface area contributed by atoms with E-state index < -0.39 is 0 Å². The molecule has 0 radical (unpaired) electrons. The van der Waals surface area contributed by atoms with Crippen LogP contribution in [0.3, 0.4) is 0 Å². The van der Waals surface area contributed by atoms with Crippen LogP contribution in [0.25, 0.3) is 5.69 Å². The molecule has 1 amide bonds. The van der Waals surface area contributed by atoms with Gasteiger partial charge in [0.15, 0.2) is 5.69 Å². The first-order valence-corrected chi connectivity index (χ1v) is 8.19. The predicted octanol–water partition coefficient (Wildman–Crippen LogP) is 3.08. The molecule has 1 aromatic carbocycles. The summed E-state index contributed by atoms with van der Waals surface area (Å²) in [6.45, 7) is 7.72. The molecule has 0 saturated carbocycles. The maximum atomic E-state index is 12.6. The Hall–Kier alpha value is -3.02. The molecule has 6 heteroatoms. The maximum Gasteiger partial charge on any atom is 0.274 e. The van der Waals surface area contributed by atoms with Crippen molar-refractivity contribution < 1.29 is 4.79 Å². The van der Waals surface area contributed by atoms with Crippen molar-refractivity contribution in [2.75, 3.05) is 0 Å². The Morgan fingerprint density at radius 3 is 2.60 bits per heavy atom. The predicted molar refractivity (Wildman–Crippen MR) is 95.7 cm³/mol. The second kappa shape index (κ2) is 6.84. The number of carbonyl (C=O) groups excluding carboxylic acids is 1. The van der Waals surface area contributed by atoms with Crippen LogP contribution < -0.4 is 5.32 Å². The summed E-state index contributed by atoms with van der Waals surface area (Å²) in [7, 11) is 0. The Morgan fingerprint density at radius 2 is 1.92 bits per heavy atom. The van der Waals surface area contributed by atoms with E-state index in [1.807, 2.05) is 51.1 Å². The van der Waals surface area contributed by atoms with Gasteiger partial charge in [-0.2, -0.15) is 9.90 Å². The first-order valence-electron chi connectivity index (χ1n) is 8.19. The number of amides is 1. The summed E-state index contributed by atoms with van der Waals surface area (Å²) >= 11 is 0. The quantitative estimate of drug-likeness (QED) is 0.795. The molecule has 1 atom stereocenters. The number of nitrogens with one attached hydrogen (secondary N) is 1. The van der Waals surface area contributed by atoms with Crippen LogP contribution in [-0.4, -0.2) is 25.9 Å². The topological polar surface area (TPSA) is 72.7 Å². The average Bonchev–Trinajstić information content (AvgIpc) is 2.97. The first kappa shape index (κ1) is 16.8. The van der Waals surface area contributed by atoms with Gasteiger partial charge in [-0.05, 0) is 51.5 Å². The highest BCUT2D eigenvalue weighted by Gasteiger charge is 2.19. The van der Waals surface area contributed by atoms with Crippen molar-refractivity contribution in [3.63, 3.8) is 0 Å². The molecule has 1 N–H and O–H groups in total. The van der Waals surface area contributed by atoms with Gasteiger partial charge in [0.25, 0.3) is 5.91 Å². The van der Waals surface area contributed by atoms with E-state index in [2.05, 4.69) is 26.6 Å². The van der Waals surface area contributed by atoms with Crippen LogP contribution >= 0.6 is 0 Å². The van der Waals surface area contributed by atoms with E-state index in [-0.39, 0.29) is 11.9 Å². The lowest BCUT2D eigenvalue weighted by atomic mass is 10.1. The fourth-order valence-electron chi connectivity index (χ4n) is 2.70. The van der Waals surface area contributed by atoms with Crippen molar-refractivity contribution in [1.82, 2.24) is 25.3 Å². The Kier molecular flexibility index (Phi) is 4.61. The normalized spacial score (nSPS) is 12.0. The molecule has 0 fully saturated rings. The summed E-state index contributed by atoms with van der Waals surface area (Å²) in [6, 6.07) is 11.4. The summed E-state index contributed by atoms with van der Waals surface area (Å²) < 4.78 is 0. The summed E-state index contributed by atoms with van der Waals surface area (Å²) in [5, 5.41) is 11.7. The van der Waals surface area contributed by atoms with E-state index in [1.165, 1.54) is 10.4 Å². The maximum absolute atomic E-state index is 12.6. The van der Waals surface area contributed by atoms with Crippen molar-refractivity contribution in [2.24, 2.45) is 0 Å².